The Balaban J connectivity index is 2.05. The highest BCUT2D eigenvalue weighted by Crippen LogP contribution is 2.50. The molecular formula is C14H18ClFN2. The summed E-state index contributed by atoms with van der Waals surface area (Å²) in [5, 5.41) is 0.211. The fourth-order valence-corrected chi connectivity index (χ4v) is 3.65. The molecule has 0 aromatic heterocycles. The van der Waals surface area contributed by atoms with Crippen molar-refractivity contribution in [3.63, 3.8) is 0 Å². The van der Waals surface area contributed by atoms with Gasteiger partial charge >= 0.3 is 0 Å². The van der Waals surface area contributed by atoms with Crippen LogP contribution in [0.4, 0.5) is 10.1 Å². The van der Waals surface area contributed by atoms with E-state index in [4.69, 9.17) is 17.3 Å². The predicted molar refractivity (Wildman–Crippen MR) is 72.8 cm³/mol. The van der Waals surface area contributed by atoms with Crippen LogP contribution in [0.15, 0.2) is 12.1 Å². The molecule has 2 aliphatic rings. The largest absolute Gasteiger partial charge is 0.366 e. The zero-order valence-electron chi connectivity index (χ0n) is 10.5. The fourth-order valence-electron chi connectivity index (χ4n) is 3.50. The fraction of sp³-hybridized carbons (Fsp3) is 0.571. The maximum atomic E-state index is 13.6. The molecule has 1 fully saturated rings. The van der Waals surface area contributed by atoms with E-state index in [9.17, 15) is 4.39 Å². The van der Waals surface area contributed by atoms with Crippen LogP contribution in [0.5, 0.6) is 0 Å². The molecule has 3 rings (SSSR count). The minimum absolute atomic E-state index is 0.112. The van der Waals surface area contributed by atoms with Crippen molar-refractivity contribution in [3.05, 3.63) is 28.5 Å². The van der Waals surface area contributed by atoms with Crippen LogP contribution in [0.25, 0.3) is 0 Å². The van der Waals surface area contributed by atoms with E-state index in [0.717, 1.165) is 24.2 Å². The molecule has 1 aliphatic heterocycles. The molecule has 0 amide bonds. The lowest BCUT2D eigenvalue weighted by molar-refractivity contribution is 0.561. The highest BCUT2D eigenvalue weighted by molar-refractivity contribution is 6.31. The predicted octanol–water partition coefficient (Wildman–Crippen LogP) is 3.28. The van der Waals surface area contributed by atoms with E-state index in [0.29, 0.717) is 12.0 Å². The number of halogens is 2. The molecule has 0 bridgehead atoms. The number of nitrogens with zero attached hydrogens (tertiary/aromatic N) is 1. The molecule has 98 valence electrons. The number of rotatable bonds is 2. The lowest BCUT2D eigenvalue weighted by Gasteiger charge is -2.28. The van der Waals surface area contributed by atoms with Crippen LogP contribution in [-0.4, -0.2) is 18.6 Å². The van der Waals surface area contributed by atoms with Crippen molar-refractivity contribution >= 4 is 17.3 Å². The van der Waals surface area contributed by atoms with Gasteiger partial charge in [-0.2, -0.15) is 0 Å². The summed E-state index contributed by atoms with van der Waals surface area (Å²) in [6, 6.07) is 4.00. The molecule has 2 nitrogen and oxygen atoms in total. The summed E-state index contributed by atoms with van der Waals surface area (Å²) in [5.41, 5.74) is 8.15. The van der Waals surface area contributed by atoms with Crippen LogP contribution in [0, 0.1) is 5.82 Å². The number of benzene rings is 1. The highest BCUT2D eigenvalue weighted by Gasteiger charge is 2.41. The number of hydrogen-bond acceptors (Lipinski definition) is 2. The van der Waals surface area contributed by atoms with Crippen molar-refractivity contribution in [2.24, 2.45) is 5.73 Å². The Morgan fingerprint density at radius 2 is 2.28 bits per heavy atom. The normalized spacial score (nSPS) is 27.2. The third kappa shape index (κ3) is 1.81. The Labute approximate surface area is 112 Å². The third-order valence-corrected chi connectivity index (χ3v) is 4.43. The van der Waals surface area contributed by atoms with E-state index in [-0.39, 0.29) is 16.9 Å². The van der Waals surface area contributed by atoms with E-state index < -0.39 is 0 Å². The van der Waals surface area contributed by atoms with Crippen LogP contribution in [0.1, 0.15) is 37.7 Å². The number of anilines is 1. The quantitative estimate of drug-likeness (QED) is 0.892. The highest BCUT2D eigenvalue weighted by atomic mass is 35.5. The lowest BCUT2D eigenvalue weighted by Crippen LogP contribution is -2.40. The average molecular weight is 269 g/mol. The number of hydrogen-bond donors (Lipinski definition) is 1. The van der Waals surface area contributed by atoms with Gasteiger partial charge < -0.3 is 10.6 Å². The molecule has 1 aromatic rings. The first-order valence-electron chi connectivity index (χ1n) is 6.59. The standard InChI is InChI=1S/C14H18ClFN2/c1-8(17)7-18-13-4-2-3-9(13)10-5-12(16)11(15)6-14(10)18/h5-6,8-9,13H,2-4,7,17H2,1H3. The van der Waals surface area contributed by atoms with Gasteiger partial charge in [0, 0.05) is 30.2 Å². The van der Waals surface area contributed by atoms with Gasteiger partial charge in [0.2, 0.25) is 0 Å². The van der Waals surface area contributed by atoms with Gasteiger partial charge in [-0.05, 0) is 37.5 Å². The van der Waals surface area contributed by atoms with Crippen molar-refractivity contribution in [3.8, 4) is 0 Å². The maximum absolute atomic E-state index is 13.6. The van der Waals surface area contributed by atoms with Gasteiger partial charge in [-0.1, -0.05) is 18.0 Å². The van der Waals surface area contributed by atoms with E-state index >= 15 is 0 Å². The van der Waals surface area contributed by atoms with Gasteiger partial charge in [0.1, 0.15) is 5.82 Å². The summed E-state index contributed by atoms with van der Waals surface area (Å²) >= 11 is 5.92. The molecule has 1 aliphatic carbocycles. The van der Waals surface area contributed by atoms with Crippen LogP contribution < -0.4 is 10.6 Å². The Bertz CT molecular complexity index is 475. The molecule has 18 heavy (non-hydrogen) atoms. The van der Waals surface area contributed by atoms with Crippen LogP contribution in [-0.2, 0) is 0 Å². The summed E-state index contributed by atoms with van der Waals surface area (Å²) in [6.07, 6.45) is 3.54. The van der Waals surface area contributed by atoms with Gasteiger partial charge in [-0.15, -0.1) is 0 Å². The summed E-state index contributed by atoms with van der Waals surface area (Å²) in [4.78, 5) is 2.34. The van der Waals surface area contributed by atoms with Gasteiger partial charge in [0.25, 0.3) is 0 Å². The lowest BCUT2D eigenvalue weighted by atomic mass is 9.97. The van der Waals surface area contributed by atoms with Crippen molar-refractivity contribution in [1.82, 2.24) is 0 Å². The Hall–Kier alpha value is -0.800. The molecule has 0 spiro atoms. The molecule has 0 radical (unpaired) electrons. The molecule has 2 N–H and O–H groups in total. The first-order chi connectivity index (χ1) is 8.58. The Kier molecular flexibility index (Phi) is 2.99. The number of fused-ring (bicyclic) bond motifs is 3. The molecule has 1 heterocycles. The summed E-state index contributed by atoms with van der Waals surface area (Å²) in [5.74, 6) is 0.161. The van der Waals surface area contributed by atoms with Crippen molar-refractivity contribution < 1.29 is 4.39 Å². The molecule has 1 saturated carbocycles. The molecule has 3 atom stereocenters. The van der Waals surface area contributed by atoms with Gasteiger partial charge in [0.15, 0.2) is 0 Å². The topological polar surface area (TPSA) is 29.3 Å². The van der Waals surface area contributed by atoms with Gasteiger partial charge in [-0.3, -0.25) is 0 Å². The van der Waals surface area contributed by atoms with Crippen molar-refractivity contribution in [2.75, 3.05) is 11.4 Å². The minimum atomic E-state index is -0.302. The zero-order chi connectivity index (χ0) is 12.9. The molecule has 4 heteroatoms. The van der Waals surface area contributed by atoms with Gasteiger partial charge in [-0.25, -0.2) is 4.39 Å². The molecule has 3 unspecified atom stereocenters. The second-order valence-electron chi connectivity index (χ2n) is 5.56. The van der Waals surface area contributed by atoms with E-state index in [1.807, 2.05) is 6.92 Å². The second kappa shape index (κ2) is 4.39. The number of nitrogens with two attached hydrogens (primary N) is 1. The average Bonchev–Trinajstić information content (AvgIpc) is 2.85. The molecule has 1 aromatic carbocycles. The van der Waals surface area contributed by atoms with Crippen LogP contribution in [0.2, 0.25) is 5.02 Å². The summed E-state index contributed by atoms with van der Waals surface area (Å²) in [7, 11) is 0. The first-order valence-corrected chi connectivity index (χ1v) is 6.97. The summed E-state index contributed by atoms with van der Waals surface area (Å²) < 4.78 is 13.6. The van der Waals surface area contributed by atoms with Crippen molar-refractivity contribution in [2.45, 2.75) is 44.2 Å². The van der Waals surface area contributed by atoms with E-state index in [2.05, 4.69) is 4.90 Å². The zero-order valence-corrected chi connectivity index (χ0v) is 11.3. The van der Waals surface area contributed by atoms with Crippen LogP contribution in [0.3, 0.4) is 0 Å². The Morgan fingerprint density at radius 1 is 1.50 bits per heavy atom. The monoisotopic (exact) mass is 268 g/mol. The first kappa shape index (κ1) is 12.2. The second-order valence-corrected chi connectivity index (χ2v) is 5.97. The van der Waals surface area contributed by atoms with E-state index in [1.165, 1.54) is 12.8 Å². The summed E-state index contributed by atoms with van der Waals surface area (Å²) in [6.45, 7) is 2.82. The minimum Gasteiger partial charge on any atom is -0.366 e. The van der Waals surface area contributed by atoms with E-state index in [1.54, 1.807) is 12.1 Å². The third-order valence-electron chi connectivity index (χ3n) is 4.14. The molecule has 0 saturated heterocycles. The Morgan fingerprint density at radius 3 is 3.00 bits per heavy atom. The molecular weight excluding hydrogens is 251 g/mol. The van der Waals surface area contributed by atoms with Gasteiger partial charge in [0.05, 0.1) is 5.02 Å². The smallest absolute Gasteiger partial charge is 0.142 e. The maximum Gasteiger partial charge on any atom is 0.142 e. The van der Waals surface area contributed by atoms with Crippen LogP contribution >= 0.6 is 11.6 Å². The van der Waals surface area contributed by atoms with Crippen molar-refractivity contribution in [1.29, 1.82) is 0 Å². The SMILES string of the molecule is CC(N)CN1c2cc(Cl)c(F)cc2C2CCCC21.